The quantitative estimate of drug-likeness (QED) is 0.851. The highest BCUT2D eigenvalue weighted by molar-refractivity contribution is 9.10. The predicted octanol–water partition coefficient (Wildman–Crippen LogP) is 1.27. The molecule has 1 aromatic rings. The summed E-state index contributed by atoms with van der Waals surface area (Å²) in [5.74, 6) is -0.0545. The molecular weight excluding hydrogens is 264 g/mol. The summed E-state index contributed by atoms with van der Waals surface area (Å²) >= 11 is 3.18. The second-order valence-electron chi connectivity index (χ2n) is 2.66. The number of primary amides is 1. The van der Waals surface area contributed by atoms with E-state index in [0.717, 1.165) is 0 Å². The zero-order valence-corrected chi connectivity index (χ0v) is 9.50. The van der Waals surface area contributed by atoms with E-state index in [9.17, 15) is 9.59 Å². The van der Waals surface area contributed by atoms with Crippen molar-refractivity contribution in [3.8, 4) is 5.75 Å². The van der Waals surface area contributed by atoms with E-state index in [1.54, 1.807) is 12.1 Å². The monoisotopic (exact) mass is 272 g/mol. The van der Waals surface area contributed by atoms with Crippen molar-refractivity contribution in [3.05, 3.63) is 28.2 Å². The number of benzene rings is 1. The van der Waals surface area contributed by atoms with E-state index in [1.165, 1.54) is 13.2 Å². The van der Waals surface area contributed by atoms with Gasteiger partial charge in [0.15, 0.2) is 0 Å². The summed E-state index contributed by atoms with van der Waals surface area (Å²) in [4.78, 5) is 21.9. The van der Waals surface area contributed by atoms with Gasteiger partial charge in [0.1, 0.15) is 5.75 Å². The van der Waals surface area contributed by atoms with Crippen LogP contribution in [0.4, 0.5) is 4.79 Å². The Morgan fingerprint density at radius 2 is 2.13 bits per heavy atom. The third-order valence-corrected chi connectivity index (χ3v) is 2.35. The van der Waals surface area contributed by atoms with Crippen LogP contribution in [0, 0.1) is 0 Å². The van der Waals surface area contributed by atoms with Crippen molar-refractivity contribution in [2.24, 2.45) is 5.73 Å². The molecule has 0 heterocycles. The smallest absolute Gasteiger partial charge is 0.319 e. The van der Waals surface area contributed by atoms with Gasteiger partial charge in [0, 0.05) is 4.47 Å². The molecule has 6 heteroatoms. The highest BCUT2D eigenvalue weighted by Crippen LogP contribution is 2.22. The third-order valence-electron chi connectivity index (χ3n) is 1.65. The first-order valence-corrected chi connectivity index (χ1v) is 4.78. The molecule has 0 saturated carbocycles. The molecule has 0 aromatic heterocycles. The van der Waals surface area contributed by atoms with E-state index in [-0.39, 0.29) is 5.56 Å². The number of halogens is 1. The largest absolute Gasteiger partial charge is 0.497 e. The average molecular weight is 273 g/mol. The van der Waals surface area contributed by atoms with Crippen LogP contribution in [0.2, 0.25) is 0 Å². The summed E-state index contributed by atoms with van der Waals surface area (Å²) in [7, 11) is 1.49. The van der Waals surface area contributed by atoms with Crippen LogP contribution in [0.15, 0.2) is 22.7 Å². The Labute approximate surface area is 94.7 Å². The molecule has 1 rings (SSSR count). The van der Waals surface area contributed by atoms with Crippen molar-refractivity contribution < 1.29 is 14.3 Å². The van der Waals surface area contributed by atoms with Crippen LogP contribution in [-0.2, 0) is 0 Å². The summed E-state index contributed by atoms with van der Waals surface area (Å²) < 4.78 is 5.51. The van der Waals surface area contributed by atoms with E-state index in [4.69, 9.17) is 10.5 Å². The molecule has 0 atom stereocenters. The molecule has 0 aliphatic carbocycles. The first-order valence-electron chi connectivity index (χ1n) is 3.99. The maximum absolute atomic E-state index is 11.4. The van der Waals surface area contributed by atoms with E-state index >= 15 is 0 Å². The molecule has 0 bridgehead atoms. The SMILES string of the molecule is COc1ccc(Br)c(C(=O)NC(N)=O)c1. The van der Waals surface area contributed by atoms with Gasteiger partial charge < -0.3 is 10.5 Å². The van der Waals surface area contributed by atoms with Crippen molar-refractivity contribution in [1.82, 2.24) is 5.32 Å². The van der Waals surface area contributed by atoms with E-state index in [2.05, 4.69) is 15.9 Å². The molecule has 0 aliphatic heterocycles. The molecule has 0 spiro atoms. The molecule has 0 aliphatic rings. The Balaban J connectivity index is 3.01. The fourth-order valence-corrected chi connectivity index (χ4v) is 1.41. The summed E-state index contributed by atoms with van der Waals surface area (Å²) in [6.07, 6.45) is 0. The minimum Gasteiger partial charge on any atom is -0.497 e. The summed E-state index contributed by atoms with van der Waals surface area (Å²) in [6, 6.07) is 3.94. The Bertz CT molecular complexity index is 406. The molecule has 1 aromatic carbocycles. The van der Waals surface area contributed by atoms with E-state index in [1.807, 2.05) is 5.32 Å². The molecule has 3 amide bonds. The minimum atomic E-state index is -0.894. The van der Waals surface area contributed by atoms with E-state index in [0.29, 0.717) is 10.2 Å². The number of nitrogens with one attached hydrogen (secondary N) is 1. The second kappa shape index (κ2) is 4.79. The Morgan fingerprint density at radius 1 is 1.47 bits per heavy atom. The van der Waals surface area contributed by atoms with Gasteiger partial charge in [-0.25, -0.2) is 4.79 Å². The minimum absolute atomic E-state index is 0.285. The van der Waals surface area contributed by atoms with Crippen molar-refractivity contribution >= 4 is 27.9 Å². The number of hydrogen-bond donors (Lipinski definition) is 2. The highest BCUT2D eigenvalue weighted by Gasteiger charge is 2.12. The number of ether oxygens (including phenoxy) is 1. The number of carbonyl (C=O) groups excluding carboxylic acids is 2. The van der Waals surface area contributed by atoms with Gasteiger partial charge in [-0.3, -0.25) is 10.1 Å². The topological polar surface area (TPSA) is 81.4 Å². The number of nitrogens with two attached hydrogens (primary N) is 1. The van der Waals surface area contributed by atoms with Crippen molar-refractivity contribution in [2.75, 3.05) is 7.11 Å². The van der Waals surface area contributed by atoms with Crippen molar-refractivity contribution in [1.29, 1.82) is 0 Å². The first-order chi connectivity index (χ1) is 7.04. The van der Waals surface area contributed by atoms with Gasteiger partial charge in [0.05, 0.1) is 12.7 Å². The van der Waals surface area contributed by atoms with Crippen LogP contribution in [0.5, 0.6) is 5.75 Å². The first kappa shape index (κ1) is 11.5. The summed E-state index contributed by atoms with van der Waals surface area (Å²) in [6.45, 7) is 0. The maximum Gasteiger partial charge on any atom is 0.319 e. The lowest BCUT2D eigenvalue weighted by molar-refractivity contribution is 0.0965. The normalized spacial score (nSPS) is 9.47. The molecule has 0 saturated heterocycles. The third kappa shape index (κ3) is 2.95. The zero-order valence-electron chi connectivity index (χ0n) is 7.91. The summed E-state index contributed by atoms with van der Waals surface area (Å²) in [5, 5.41) is 1.97. The fraction of sp³-hybridized carbons (Fsp3) is 0.111. The predicted molar refractivity (Wildman–Crippen MR) is 57.7 cm³/mol. The van der Waals surface area contributed by atoms with Gasteiger partial charge in [0.25, 0.3) is 5.91 Å². The Kier molecular flexibility index (Phi) is 3.68. The summed E-state index contributed by atoms with van der Waals surface area (Å²) in [5.41, 5.74) is 5.12. The average Bonchev–Trinajstić information content (AvgIpc) is 2.17. The molecular formula is C9H9BrN2O3. The van der Waals surface area contributed by atoms with Crippen LogP contribution in [0.25, 0.3) is 0 Å². The van der Waals surface area contributed by atoms with Crippen LogP contribution >= 0.6 is 15.9 Å². The molecule has 3 N–H and O–H groups in total. The van der Waals surface area contributed by atoms with E-state index < -0.39 is 11.9 Å². The van der Waals surface area contributed by atoms with Gasteiger partial charge in [-0.05, 0) is 34.1 Å². The molecule has 15 heavy (non-hydrogen) atoms. The molecule has 0 fully saturated rings. The number of hydrogen-bond acceptors (Lipinski definition) is 3. The number of amides is 3. The fourth-order valence-electron chi connectivity index (χ4n) is 0.985. The number of carbonyl (C=O) groups is 2. The lowest BCUT2D eigenvalue weighted by atomic mass is 10.2. The molecule has 0 radical (unpaired) electrons. The Morgan fingerprint density at radius 3 is 2.67 bits per heavy atom. The van der Waals surface area contributed by atoms with Crippen LogP contribution in [0.3, 0.4) is 0 Å². The van der Waals surface area contributed by atoms with Crippen molar-refractivity contribution in [3.63, 3.8) is 0 Å². The number of imide groups is 1. The zero-order chi connectivity index (χ0) is 11.4. The van der Waals surface area contributed by atoms with Crippen LogP contribution < -0.4 is 15.8 Å². The van der Waals surface area contributed by atoms with Crippen molar-refractivity contribution in [2.45, 2.75) is 0 Å². The number of methoxy groups -OCH3 is 1. The second-order valence-corrected chi connectivity index (χ2v) is 3.52. The number of urea groups is 1. The lowest BCUT2D eigenvalue weighted by Crippen LogP contribution is -2.35. The van der Waals surface area contributed by atoms with Crippen LogP contribution in [0.1, 0.15) is 10.4 Å². The lowest BCUT2D eigenvalue weighted by Gasteiger charge is -2.06. The van der Waals surface area contributed by atoms with Crippen LogP contribution in [-0.4, -0.2) is 19.0 Å². The van der Waals surface area contributed by atoms with Gasteiger partial charge >= 0.3 is 6.03 Å². The highest BCUT2D eigenvalue weighted by atomic mass is 79.9. The molecule has 5 nitrogen and oxygen atoms in total. The van der Waals surface area contributed by atoms with Gasteiger partial charge in [-0.2, -0.15) is 0 Å². The standard InChI is InChI=1S/C9H9BrN2O3/c1-15-5-2-3-7(10)6(4-5)8(13)12-9(11)14/h2-4H,1H3,(H3,11,12,13,14). The van der Waals surface area contributed by atoms with Gasteiger partial charge in [-0.1, -0.05) is 0 Å². The Hall–Kier alpha value is -1.56. The molecule has 80 valence electrons. The molecule has 0 unspecified atom stereocenters. The van der Waals surface area contributed by atoms with Gasteiger partial charge in [-0.15, -0.1) is 0 Å². The number of rotatable bonds is 2. The maximum atomic E-state index is 11.4. The van der Waals surface area contributed by atoms with Gasteiger partial charge in [0.2, 0.25) is 0 Å².